The van der Waals surface area contributed by atoms with Crippen LogP contribution in [0.4, 0.5) is 0 Å². The van der Waals surface area contributed by atoms with Gasteiger partial charge in [-0.15, -0.1) is 0 Å². The van der Waals surface area contributed by atoms with E-state index in [1.807, 2.05) is 0 Å². The second-order valence-electron chi connectivity index (χ2n) is 4.60. The molecule has 1 aliphatic carbocycles. The number of nitrogens with zero attached hydrogens (tertiary/aromatic N) is 1. The second-order valence-corrected chi connectivity index (χ2v) is 4.60. The molecule has 1 unspecified atom stereocenters. The molecule has 0 aliphatic heterocycles. The van der Waals surface area contributed by atoms with Crippen molar-refractivity contribution in [3.05, 3.63) is 29.8 Å². The molecule has 0 radical (unpaired) electrons. The number of ether oxygens (including phenoxy) is 1. The first kappa shape index (κ1) is 5.62. The first-order chi connectivity index (χ1) is 14.6. The van der Waals surface area contributed by atoms with Gasteiger partial charge in [-0.25, -0.2) is 0 Å². The fourth-order valence-electron chi connectivity index (χ4n) is 2.08. The maximum Gasteiger partial charge on any atom is 0.118 e. The molecule has 1 fully saturated rings. The Morgan fingerprint density at radius 2 is 2.00 bits per heavy atom. The number of hydrogen-bond donors (Lipinski definition) is 1. The van der Waals surface area contributed by atoms with Gasteiger partial charge in [-0.05, 0) is 44.5 Å². The number of aliphatic hydroxyl groups is 1. The zero-order valence-electron chi connectivity index (χ0n) is 24.4. The smallest absolute Gasteiger partial charge is 0.118 e. The summed E-state index contributed by atoms with van der Waals surface area (Å²) in [5.74, 6) is -1.49. The van der Waals surface area contributed by atoms with Crippen molar-refractivity contribution in [3.8, 4) is 5.75 Å². The van der Waals surface area contributed by atoms with Gasteiger partial charge in [0.2, 0.25) is 0 Å². The Kier molecular flexibility index (Phi) is 1.85. The average Bonchev–Trinajstić information content (AvgIpc) is 2.69. The van der Waals surface area contributed by atoms with Crippen LogP contribution in [-0.2, 0) is 0 Å². The standard InChI is InChI=1S/C17H27NO2/c1-18(2)13-16(17(19)11-5-4-6-12-17)14-7-9-15(20-3)10-8-14/h7-10,16,19H,4-6,11-13H2,1-3H3/i1D3,4D2,5D2,6D2,11D2,12D2. The molecule has 3 heteroatoms. The summed E-state index contributed by atoms with van der Waals surface area (Å²) in [6, 6.07) is 5.37. The summed E-state index contributed by atoms with van der Waals surface area (Å²) in [7, 11) is 2.48. The van der Waals surface area contributed by atoms with Gasteiger partial charge in [0.1, 0.15) is 5.75 Å². The summed E-state index contributed by atoms with van der Waals surface area (Å²) in [6.07, 6.45) is -18.5. The molecule has 112 valence electrons. The van der Waals surface area contributed by atoms with Crippen LogP contribution in [0.15, 0.2) is 24.3 Å². The van der Waals surface area contributed by atoms with Gasteiger partial charge in [-0.1, -0.05) is 31.3 Å². The molecular formula is C17H27NO2. The van der Waals surface area contributed by atoms with E-state index in [1.54, 1.807) is 0 Å². The van der Waals surface area contributed by atoms with Crippen LogP contribution in [0.5, 0.6) is 5.75 Å². The van der Waals surface area contributed by atoms with E-state index in [0.29, 0.717) is 5.75 Å². The summed E-state index contributed by atoms with van der Waals surface area (Å²) in [6.45, 7) is -3.49. The van der Waals surface area contributed by atoms with Crippen LogP contribution < -0.4 is 4.74 Å². The SMILES string of the molecule is [2H]C([2H])([2H])N(C)CC(c1ccc(OC)cc1)C1(O)C([2H])([2H])C([2H])([2H])C([2H])([2H])C([2H])([2H])C1([2H])[2H]. The maximum atomic E-state index is 11.7. The van der Waals surface area contributed by atoms with E-state index in [-0.39, 0.29) is 5.56 Å². The molecule has 3 nitrogen and oxygen atoms in total. The van der Waals surface area contributed by atoms with Gasteiger partial charge in [0.25, 0.3) is 0 Å². The molecule has 2 rings (SSSR count). The lowest BCUT2D eigenvalue weighted by Crippen LogP contribution is -2.42. The van der Waals surface area contributed by atoms with Crippen LogP contribution >= 0.6 is 0 Å². The Balaban J connectivity index is 2.90. The Morgan fingerprint density at radius 3 is 2.55 bits per heavy atom. The lowest BCUT2D eigenvalue weighted by Gasteiger charge is -2.40. The molecule has 0 spiro atoms. The van der Waals surface area contributed by atoms with Gasteiger partial charge in [0, 0.05) is 30.3 Å². The Morgan fingerprint density at radius 1 is 1.35 bits per heavy atom. The van der Waals surface area contributed by atoms with E-state index in [4.69, 9.17) is 22.6 Å². The molecule has 20 heavy (non-hydrogen) atoms. The van der Waals surface area contributed by atoms with Crippen LogP contribution in [0, 0.1) is 0 Å². The van der Waals surface area contributed by atoms with Crippen molar-refractivity contribution < 1.29 is 27.7 Å². The molecule has 1 aromatic rings. The van der Waals surface area contributed by atoms with E-state index in [9.17, 15) is 5.11 Å². The van der Waals surface area contributed by atoms with Gasteiger partial charge in [0.15, 0.2) is 0 Å². The molecule has 0 saturated heterocycles. The third-order valence-corrected chi connectivity index (χ3v) is 3.11. The first-order valence-electron chi connectivity index (χ1n) is 12.6. The summed E-state index contributed by atoms with van der Waals surface area (Å²) in [5.41, 5.74) is -3.57. The van der Waals surface area contributed by atoms with E-state index in [1.165, 1.54) is 31.4 Å². The third kappa shape index (κ3) is 3.53. The first-order valence-corrected chi connectivity index (χ1v) is 6.13. The van der Waals surface area contributed by atoms with E-state index in [2.05, 4.69) is 0 Å². The minimum Gasteiger partial charge on any atom is -0.497 e. The van der Waals surface area contributed by atoms with Crippen molar-refractivity contribution in [1.29, 1.82) is 0 Å². The highest BCUT2D eigenvalue weighted by molar-refractivity contribution is 5.31. The monoisotopic (exact) mass is 290 g/mol. The van der Waals surface area contributed by atoms with Gasteiger partial charge in [0.05, 0.1) is 12.7 Å². The maximum absolute atomic E-state index is 11.7. The van der Waals surface area contributed by atoms with Gasteiger partial charge >= 0.3 is 0 Å². The number of rotatable bonds is 5. The molecule has 1 N–H and O–H groups in total. The fourth-order valence-corrected chi connectivity index (χ4v) is 2.08. The number of benzene rings is 1. The molecule has 0 bridgehead atoms. The zero-order chi connectivity index (χ0) is 26.1. The predicted molar refractivity (Wildman–Crippen MR) is 82.3 cm³/mol. The van der Waals surface area contributed by atoms with Crippen LogP contribution in [0.3, 0.4) is 0 Å². The van der Waals surface area contributed by atoms with Crippen LogP contribution in [0.2, 0.25) is 0 Å². The average molecular weight is 290 g/mol. The number of methoxy groups -OCH3 is 1. The number of hydrogen-bond acceptors (Lipinski definition) is 3. The molecule has 1 aromatic carbocycles. The molecule has 0 aromatic heterocycles. The van der Waals surface area contributed by atoms with Crippen LogP contribution in [0.1, 0.15) is 61.2 Å². The van der Waals surface area contributed by atoms with Crippen LogP contribution in [0.25, 0.3) is 0 Å². The lowest BCUT2D eigenvalue weighted by atomic mass is 9.72. The summed E-state index contributed by atoms with van der Waals surface area (Å²) >= 11 is 0. The highest BCUT2D eigenvalue weighted by atomic mass is 16.5. The van der Waals surface area contributed by atoms with E-state index in [0.717, 1.165) is 11.9 Å². The van der Waals surface area contributed by atoms with Crippen molar-refractivity contribution in [3.63, 3.8) is 0 Å². The van der Waals surface area contributed by atoms with Gasteiger partial charge in [-0.3, -0.25) is 0 Å². The quantitative estimate of drug-likeness (QED) is 0.905. The normalized spacial score (nSPS) is 42.7. The zero-order valence-corrected chi connectivity index (χ0v) is 11.4. The van der Waals surface area contributed by atoms with E-state index >= 15 is 0 Å². The van der Waals surface area contributed by atoms with Gasteiger partial charge in [-0.2, -0.15) is 0 Å². The summed E-state index contributed by atoms with van der Waals surface area (Å²) in [5, 5.41) is 11.7. The minimum absolute atomic E-state index is 0.0174. The Bertz CT molecular complexity index is 837. The Labute approximate surface area is 140 Å². The van der Waals surface area contributed by atoms with Gasteiger partial charge < -0.3 is 14.7 Å². The molecule has 0 heterocycles. The summed E-state index contributed by atoms with van der Waals surface area (Å²) in [4.78, 5) is 0.723. The van der Waals surface area contributed by atoms with Crippen molar-refractivity contribution in [2.45, 2.75) is 43.4 Å². The van der Waals surface area contributed by atoms with Crippen molar-refractivity contribution >= 4 is 0 Å². The predicted octanol–water partition coefficient (Wildman–Crippen LogP) is 3.04. The molecular weight excluding hydrogens is 250 g/mol. The molecule has 1 atom stereocenters. The largest absolute Gasteiger partial charge is 0.497 e. The number of likely N-dealkylation sites (N-methyl/N-ethyl adjacent to an activating group) is 1. The molecule has 1 aliphatic rings. The third-order valence-electron chi connectivity index (χ3n) is 3.11. The summed E-state index contributed by atoms with van der Waals surface area (Å²) < 4.78 is 110. The van der Waals surface area contributed by atoms with Crippen LogP contribution in [-0.4, -0.2) is 43.3 Å². The highest BCUT2D eigenvalue weighted by Crippen LogP contribution is 2.40. The van der Waals surface area contributed by atoms with Crippen molar-refractivity contribution in [2.24, 2.45) is 0 Å². The van der Waals surface area contributed by atoms with E-state index < -0.39 is 56.9 Å². The van der Waals surface area contributed by atoms with Crippen molar-refractivity contribution in [2.75, 3.05) is 27.7 Å². The lowest BCUT2D eigenvalue weighted by molar-refractivity contribution is -0.0277. The van der Waals surface area contributed by atoms with Crippen molar-refractivity contribution in [1.82, 2.24) is 4.90 Å². The Hall–Kier alpha value is -1.06. The topological polar surface area (TPSA) is 32.7 Å². The molecule has 0 amide bonds. The fraction of sp³-hybridized carbons (Fsp3) is 0.647. The molecule has 1 saturated carbocycles. The highest BCUT2D eigenvalue weighted by Gasteiger charge is 2.38. The second kappa shape index (κ2) is 6.59. The minimum atomic E-state index is -3.72.